The van der Waals surface area contributed by atoms with E-state index >= 15 is 0 Å². The first-order chi connectivity index (χ1) is 8.41. The van der Waals surface area contributed by atoms with Crippen molar-refractivity contribution >= 4 is 27.3 Å². The normalized spacial score (nSPS) is 19.0. The van der Waals surface area contributed by atoms with E-state index in [2.05, 4.69) is 0 Å². The highest BCUT2D eigenvalue weighted by molar-refractivity contribution is 7.89. The molecule has 0 spiro atoms. The third kappa shape index (κ3) is 2.61. The molecule has 0 amide bonds. The highest BCUT2D eigenvalue weighted by atomic mass is 35.5. The van der Waals surface area contributed by atoms with Crippen LogP contribution in [0, 0.1) is 0 Å². The Morgan fingerprint density at radius 1 is 1.28 bits per heavy atom. The summed E-state index contributed by atoms with van der Waals surface area (Å²) in [5, 5.41) is 0.194. The molecular weight excluding hydrogens is 274 g/mol. The average Bonchev–Trinajstić information content (AvgIpc) is 2.32. The van der Waals surface area contributed by atoms with Crippen LogP contribution in [0.2, 0.25) is 5.02 Å². The summed E-state index contributed by atoms with van der Waals surface area (Å²) in [6, 6.07) is 4.55. The summed E-state index contributed by atoms with van der Waals surface area (Å²) in [6.45, 7) is 0.850. The van der Waals surface area contributed by atoms with Crippen molar-refractivity contribution in [3.8, 4) is 0 Å². The van der Waals surface area contributed by atoms with Gasteiger partial charge in [0.05, 0.1) is 5.02 Å². The van der Waals surface area contributed by atoms with Gasteiger partial charge in [-0.3, -0.25) is 0 Å². The lowest BCUT2D eigenvalue weighted by Gasteiger charge is -2.29. The number of hydrogen-bond acceptors (Lipinski definition) is 4. The number of benzene rings is 1. The van der Waals surface area contributed by atoms with Gasteiger partial charge in [0.1, 0.15) is 4.90 Å². The molecule has 1 fully saturated rings. The number of anilines is 1. The third-order valence-corrected chi connectivity index (χ3v) is 5.45. The Morgan fingerprint density at radius 3 is 2.50 bits per heavy atom. The van der Waals surface area contributed by atoms with Gasteiger partial charge < -0.3 is 11.5 Å². The Morgan fingerprint density at radius 2 is 1.89 bits per heavy atom. The van der Waals surface area contributed by atoms with E-state index in [0.29, 0.717) is 31.6 Å². The average molecular weight is 290 g/mol. The number of nitrogen functional groups attached to an aromatic ring is 1. The van der Waals surface area contributed by atoms with E-state index < -0.39 is 10.0 Å². The zero-order chi connectivity index (χ0) is 13.3. The van der Waals surface area contributed by atoms with Gasteiger partial charge in [0.15, 0.2) is 0 Å². The van der Waals surface area contributed by atoms with Crippen molar-refractivity contribution in [2.75, 3.05) is 18.8 Å². The minimum atomic E-state index is -3.57. The molecule has 18 heavy (non-hydrogen) atoms. The largest absolute Gasteiger partial charge is 0.399 e. The molecule has 0 aliphatic carbocycles. The second kappa shape index (κ2) is 5.05. The predicted octanol–water partition coefficient (Wildman–Crippen LogP) is 1.03. The van der Waals surface area contributed by atoms with Crippen molar-refractivity contribution in [3.63, 3.8) is 0 Å². The predicted molar refractivity (Wildman–Crippen MR) is 71.8 cm³/mol. The molecule has 2 rings (SSSR count). The molecule has 0 radical (unpaired) electrons. The van der Waals surface area contributed by atoms with E-state index in [9.17, 15) is 8.42 Å². The maximum absolute atomic E-state index is 12.4. The maximum atomic E-state index is 12.4. The lowest BCUT2D eigenvalue weighted by atomic mass is 10.1. The third-order valence-electron chi connectivity index (χ3n) is 3.07. The number of nitrogens with zero attached hydrogens (tertiary/aromatic N) is 1. The second-order valence-electron chi connectivity index (χ2n) is 4.43. The van der Waals surface area contributed by atoms with Crippen LogP contribution in [0.25, 0.3) is 0 Å². The summed E-state index contributed by atoms with van der Waals surface area (Å²) in [5.41, 5.74) is 11.8. The van der Waals surface area contributed by atoms with Crippen LogP contribution in [0.1, 0.15) is 12.8 Å². The zero-order valence-corrected chi connectivity index (χ0v) is 11.4. The Labute approximate surface area is 112 Å². The molecule has 1 saturated heterocycles. The molecule has 7 heteroatoms. The van der Waals surface area contributed by atoms with Crippen LogP contribution in [0.3, 0.4) is 0 Å². The summed E-state index contributed by atoms with van der Waals surface area (Å²) in [6.07, 6.45) is 1.33. The molecule has 1 aliphatic heterocycles. The van der Waals surface area contributed by atoms with Gasteiger partial charge >= 0.3 is 0 Å². The van der Waals surface area contributed by atoms with Crippen molar-refractivity contribution in [1.29, 1.82) is 0 Å². The maximum Gasteiger partial charge on any atom is 0.244 e. The highest BCUT2D eigenvalue weighted by Gasteiger charge is 2.29. The van der Waals surface area contributed by atoms with Crippen molar-refractivity contribution < 1.29 is 8.42 Å². The Kier molecular flexibility index (Phi) is 3.82. The van der Waals surface area contributed by atoms with Crippen LogP contribution in [0.4, 0.5) is 5.69 Å². The molecule has 0 bridgehead atoms. The van der Waals surface area contributed by atoms with Crippen LogP contribution >= 0.6 is 11.6 Å². The fourth-order valence-electron chi connectivity index (χ4n) is 1.97. The summed E-state index contributed by atoms with van der Waals surface area (Å²) in [4.78, 5) is 0.0691. The molecule has 1 aromatic rings. The number of sulfonamides is 1. The Hall–Kier alpha value is -0.820. The molecule has 5 nitrogen and oxygen atoms in total. The summed E-state index contributed by atoms with van der Waals surface area (Å²) in [5.74, 6) is 0. The first-order valence-corrected chi connectivity index (χ1v) is 7.54. The van der Waals surface area contributed by atoms with Gasteiger partial charge in [-0.1, -0.05) is 11.6 Å². The number of piperidine rings is 1. The molecule has 1 aliphatic rings. The van der Waals surface area contributed by atoms with Crippen LogP contribution in [0.5, 0.6) is 0 Å². The summed E-state index contributed by atoms with van der Waals surface area (Å²) < 4.78 is 26.2. The van der Waals surface area contributed by atoms with Crippen LogP contribution in [0.15, 0.2) is 23.1 Å². The van der Waals surface area contributed by atoms with Gasteiger partial charge in [0.2, 0.25) is 10.0 Å². The standard InChI is InChI=1S/C11H16ClN3O2S/c12-10-2-1-9(14)7-11(10)18(16,17)15-5-3-8(13)4-6-15/h1-2,7-8H,3-6,13-14H2. The molecule has 0 saturated carbocycles. The van der Waals surface area contributed by atoms with Gasteiger partial charge in [-0.05, 0) is 31.0 Å². The van der Waals surface area contributed by atoms with Crippen molar-refractivity contribution in [3.05, 3.63) is 23.2 Å². The molecule has 100 valence electrons. The van der Waals surface area contributed by atoms with Gasteiger partial charge in [-0.25, -0.2) is 8.42 Å². The number of halogens is 1. The van der Waals surface area contributed by atoms with Crippen LogP contribution in [-0.2, 0) is 10.0 Å². The number of hydrogen-bond donors (Lipinski definition) is 2. The molecule has 0 atom stereocenters. The Bertz CT molecular complexity index is 539. The molecule has 1 aromatic carbocycles. The Balaban J connectivity index is 2.33. The number of nitrogens with two attached hydrogens (primary N) is 2. The fourth-order valence-corrected chi connectivity index (χ4v) is 3.95. The van der Waals surface area contributed by atoms with Crippen molar-refractivity contribution in [2.24, 2.45) is 5.73 Å². The summed E-state index contributed by atoms with van der Waals surface area (Å²) >= 11 is 5.94. The highest BCUT2D eigenvalue weighted by Crippen LogP contribution is 2.28. The zero-order valence-electron chi connectivity index (χ0n) is 9.84. The van der Waals surface area contributed by atoms with Gasteiger partial charge in [0.25, 0.3) is 0 Å². The fraction of sp³-hybridized carbons (Fsp3) is 0.455. The van der Waals surface area contributed by atoms with E-state index in [-0.39, 0.29) is 16.0 Å². The lowest BCUT2D eigenvalue weighted by molar-refractivity contribution is 0.320. The first kappa shape index (κ1) is 13.6. The van der Waals surface area contributed by atoms with E-state index in [0.717, 1.165) is 0 Å². The SMILES string of the molecule is Nc1ccc(Cl)c(S(=O)(=O)N2CCC(N)CC2)c1. The second-order valence-corrected chi connectivity index (χ2v) is 6.74. The first-order valence-electron chi connectivity index (χ1n) is 5.72. The lowest BCUT2D eigenvalue weighted by Crippen LogP contribution is -2.42. The minimum absolute atomic E-state index is 0.0691. The molecule has 1 heterocycles. The monoisotopic (exact) mass is 289 g/mol. The topological polar surface area (TPSA) is 89.4 Å². The minimum Gasteiger partial charge on any atom is -0.399 e. The van der Waals surface area contributed by atoms with Gasteiger partial charge in [-0.2, -0.15) is 4.31 Å². The molecule has 4 N–H and O–H groups in total. The van der Waals surface area contributed by atoms with Gasteiger partial charge in [0, 0.05) is 24.8 Å². The van der Waals surface area contributed by atoms with Crippen molar-refractivity contribution in [2.45, 2.75) is 23.8 Å². The smallest absolute Gasteiger partial charge is 0.244 e. The van der Waals surface area contributed by atoms with Crippen molar-refractivity contribution in [1.82, 2.24) is 4.31 Å². The molecule has 0 unspecified atom stereocenters. The molecule has 0 aromatic heterocycles. The van der Waals surface area contributed by atoms with Gasteiger partial charge in [-0.15, -0.1) is 0 Å². The van der Waals surface area contributed by atoms with Crippen LogP contribution in [-0.4, -0.2) is 31.9 Å². The number of rotatable bonds is 2. The summed E-state index contributed by atoms with van der Waals surface area (Å²) in [7, 11) is -3.57. The van der Waals surface area contributed by atoms with Crippen LogP contribution < -0.4 is 11.5 Å². The van der Waals surface area contributed by atoms with E-state index in [1.165, 1.54) is 16.4 Å². The van der Waals surface area contributed by atoms with E-state index in [1.807, 2.05) is 0 Å². The quantitative estimate of drug-likeness (QED) is 0.796. The van der Waals surface area contributed by atoms with E-state index in [4.69, 9.17) is 23.1 Å². The molecular formula is C11H16ClN3O2S. The van der Waals surface area contributed by atoms with E-state index in [1.54, 1.807) is 6.07 Å².